The van der Waals surface area contributed by atoms with Gasteiger partial charge in [0.15, 0.2) is 0 Å². The Hall–Kier alpha value is -0.430. The minimum absolute atomic E-state index is 0.00241. The van der Waals surface area contributed by atoms with Crippen LogP contribution >= 0.6 is 15.9 Å². The number of nitrogens with zero attached hydrogens (tertiary/aromatic N) is 1. The number of halogens is 1. The van der Waals surface area contributed by atoms with Crippen LogP contribution in [0.15, 0.2) is 33.6 Å². The SMILES string of the molecule is CC1CNCCN1S(=O)(=O)c1ccc(Br)cc1. The first-order chi connectivity index (χ1) is 8.01. The van der Waals surface area contributed by atoms with Gasteiger partial charge in [-0.05, 0) is 31.2 Å². The maximum atomic E-state index is 12.4. The van der Waals surface area contributed by atoms with Crippen molar-refractivity contribution in [2.45, 2.75) is 17.9 Å². The summed E-state index contributed by atoms with van der Waals surface area (Å²) in [6, 6.07) is 6.76. The molecular formula is C11H15BrN2O2S. The zero-order valence-electron chi connectivity index (χ0n) is 9.56. The monoisotopic (exact) mass is 318 g/mol. The van der Waals surface area contributed by atoms with E-state index in [0.29, 0.717) is 24.5 Å². The van der Waals surface area contributed by atoms with Crippen molar-refractivity contribution in [1.82, 2.24) is 9.62 Å². The van der Waals surface area contributed by atoms with E-state index < -0.39 is 10.0 Å². The molecule has 1 N–H and O–H groups in total. The Morgan fingerprint density at radius 2 is 2.00 bits per heavy atom. The molecule has 1 unspecified atom stereocenters. The molecule has 1 fully saturated rings. The van der Waals surface area contributed by atoms with Gasteiger partial charge in [0.05, 0.1) is 4.90 Å². The number of nitrogens with one attached hydrogen (secondary N) is 1. The van der Waals surface area contributed by atoms with Crippen molar-refractivity contribution in [2.24, 2.45) is 0 Å². The number of hydrogen-bond donors (Lipinski definition) is 1. The number of rotatable bonds is 2. The summed E-state index contributed by atoms with van der Waals surface area (Å²) in [4.78, 5) is 0.356. The van der Waals surface area contributed by atoms with Crippen molar-refractivity contribution in [3.05, 3.63) is 28.7 Å². The summed E-state index contributed by atoms with van der Waals surface area (Å²) in [5.41, 5.74) is 0. The Balaban J connectivity index is 2.32. The lowest BCUT2D eigenvalue weighted by molar-refractivity contribution is 0.284. The van der Waals surface area contributed by atoms with E-state index in [1.165, 1.54) is 0 Å². The molecule has 1 heterocycles. The topological polar surface area (TPSA) is 49.4 Å². The summed E-state index contributed by atoms with van der Waals surface area (Å²) in [5, 5.41) is 3.18. The van der Waals surface area contributed by atoms with Crippen LogP contribution in [0.2, 0.25) is 0 Å². The summed E-state index contributed by atoms with van der Waals surface area (Å²) >= 11 is 3.30. The standard InChI is InChI=1S/C11H15BrN2O2S/c1-9-8-13-6-7-14(9)17(15,16)11-4-2-10(12)3-5-11/h2-5,9,13H,6-8H2,1H3. The molecule has 0 radical (unpaired) electrons. The summed E-state index contributed by atoms with van der Waals surface area (Å²) < 4.78 is 27.2. The van der Waals surface area contributed by atoms with Gasteiger partial charge in [-0.3, -0.25) is 0 Å². The van der Waals surface area contributed by atoms with Crippen molar-refractivity contribution in [3.63, 3.8) is 0 Å². The summed E-state index contributed by atoms with van der Waals surface area (Å²) in [6.45, 7) is 3.86. The van der Waals surface area contributed by atoms with Gasteiger partial charge >= 0.3 is 0 Å². The van der Waals surface area contributed by atoms with Crippen LogP contribution in [0.25, 0.3) is 0 Å². The third kappa shape index (κ3) is 2.70. The smallest absolute Gasteiger partial charge is 0.243 e. The molecule has 1 aliphatic rings. The van der Waals surface area contributed by atoms with Gasteiger partial charge in [0.1, 0.15) is 0 Å². The molecule has 94 valence electrons. The molecule has 1 atom stereocenters. The highest BCUT2D eigenvalue weighted by Gasteiger charge is 2.30. The van der Waals surface area contributed by atoms with Crippen molar-refractivity contribution in [1.29, 1.82) is 0 Å². The zero-order chi connectivity index (χ0) is 12.5. The van der Waals surface area contributed by atoms with Gasteiger partial charge < -0.3 is 5.32 Å². The molecule has 0 amide bonds. The number of benzene rings is 1. The van der Waals surface area contributed by atoms with Gasteiger partial charge in [-0.25, -0.2) is 8.42 Å². The quantitative estimate of drug-likeness (QED) is 0.897. The van der Waals surface area contributed by atoms with Crippen LogP contribution in [0, 0.1) is 0 Å². The zero-order valence-corrected chi connectivity index (χ0v) is 12.0. The van der Waals surface area contributed by atoms with Crippen LogP contribution in [0.1, 0.15) is 6.92 Å². The average Bonchev–Trinajstić information content (AvgIpc) is 2.30. The highest BCUT2D eigenvalue weighted by Crippen LogP contribution is 2.21. The van der Waals surface area contributed by atoms with Crippen LogP contribution in [0.3, 0.4) is 0 Å². The van der Waals surface area contributed by atoms with E-state index in [1.54, 1.807) is 28.6 Å². The molecule has 1 aromatic carbocycles. The Kier molecular flexibility index (Phi) is 3.87. The summed E-state index contributed by atoms with van der Waals surface area (Å²) in [5.74, 6) is 0. The molecule has 0 aliphatic carbocycles. The van der Waals surface area contributed by atoms with Gasteiger partial charge in [0.2, 0.25) is 10.0 Å². The Morgan fingerprint density at radius 1 is 1.35 bits per heavy atom. The Bertz CT molecular complexity index is 487. The average molecular weight is 319 g/mol. The molecule has 1 saturated heterocycles. The second-order valence-corrected chi connectivity index (χ2v) is 6.93. The molecule has 1 aromatic rings. The molecule has 2 rings (SSSR count). The van der Waals surface area contributed by atoms with Crippen LogP contribution in [-0.2, 0) is 10.0 Å². The van der Waals surface area contributed by atoms with Crippen molar-refractivity contribution in [3.8, 4) is 0 Å². The molecular weight excluding hydrogens is 304 g/mol. The fourth-order valence-electron chi connectivity index (χ4n) is 1.92. The predicted molar refractivity (Wildman–Crippen MR) is 70.4 cm³/mol. The first-order valence-corrected chi connectivity index (χ1v) is 7.73. The van der Waals surface area contributed by atoms with Crippen LogP contribution in [0.4, 0.5) is 0 Å². The third-order valence-corrected chi connectivity index (χ3v) is 5.42. The van der Waals surface area contributed by atoms with E-state index in [-0.39, 0.29) is 6.04 Å². The molecule has 0 spiro atoms. The van der Waals surface area contributed by atoms with Crippen LogP contribution in [0.5, 0.6) is 0 Å². The lowest BCUT2D eigenvalue weighted by Crippen LogP contribution is -2.52. The normalized spacial score (nSPS) is 22.6. The van der Waals surface area contributed by atoms with Gasteiger partial charge in [-0.15, -0.1) is 0 Å². The largest absolute Gasteiger partial charge is 0.314 e. The van der Waals surface area contributed by atoms with E-state index in [9.17, 15) is 8.42 Å². The molecule has 0 aromatic heterocycles. The van der Waals surface area contributed by atoms with Gasteiger partial charge in [-0.2, -0.15) is 4.31 Å². The van der Waals surface area contributed by atoms with Crippen LogP contribution in [-0.4, -0.2) is 38.4 Å². The Morgan fingerprint density at radius 3 is 2.59 bits per heavy atom. The number of hydrogen-bond acceptors (Lipinski definition) is 3. The fraction of sp³-hybridized carbons (Fsp3) is 0.455. The van der Waals surface area contributed by atoms with Crippen molar-refractivity contribution in [2.75, 3.05) is 19.6 Å². The highest BCUT2D eigenvalue weighted by atomic mass is 79.9. The van der Waals surface area contributed by atoms with Crippen molar-refractivity contribution < 1.29 is 8.42 Å². The molecule has 17 heavy (non-hydrogen) atoms. The Labute approximate surface area is 110 Å². The molecule has 0 bridgehead atoms. The summed E-state index contributed by atoms with van der Waals surface area (Å²) in [6.07, 6.45) is 0. The highest BCUT2D eigenvalue weighted by molar-refractivity contribution is 9.10. The van der Waals surface area contributed by atoms with Crippen LogP contribution < -0.4 is 5.32 Å². The van der Waals surface area contributed by atoms with Gasteiger partial charge in [0, 0.05) is 30.1 Å². The van der Waals surface area contributed by atoms with E-state index in [0.717, 1.165) is 4.47 Å². The molecule has 0 saturated carbocycles. The second-order valence-electron chi connectivity index (χ2n) is 4.12. The van der Waals surface area contributed by atoms with E-state index in [4.69, 9.17) is 0 Å². The number of piperazine rings is 1. The maximum absolute atomic E-state index is 12.4. The van der Waals surface area contributed by atoms with E-state index in [1.807, 2.05) is 6.92 Å². The molecule has 4 nitrogen and oxygen atoms in total. The lowest BCUT2D eigenvalue weighted by Gasteiger charge is -2.32. The second kappa shape index (κ2) is 5.06. The fourth-order valence-corrected chi connectivity index (χ4v) is 3.82. The molecule has 1 aliphatic heterocycles. The summed E-state index contributed by atoms with van der Waals surface area (Å²) in [7, 11) is -3.36. The lowest BCUT2D eigenvalue weighted by atomic mass is 10.3. The predicted octanol–water partition coefficient (Wildman–Crippen LogP) is 1.43. The minimum Gasteiger partial charge on any atom is -0.314 e. The van der Waals surface area contributed by atoms with Gasteiger partial charge in [0.25, 0.3) is 0 Å². The minimum atomic E-state index is -3.36. The van der Waals surface area contributed by atoms with E-state index in [2.05, 4.69) is 21.2 Å². The first kappa shape index (κ1) is 13.0. The molecule has 6 heteroatoms. The van der Waals surface area contributed by atoms with Crippen molar-refractivity contribution >= 4 is 26.0 Å². The van der Waals surface area contributed by atoms with E-state index >= 15 is 0 Å². The number of sulfonamides is 1. The first-order valence-electron chi connectivity index (χ1n) is 5.50. The van der Waals surface area contributed by atoms with Gasteiger partial charge in [-0.1, -0.05) is 15.9 Å². The third-order valence-electron chi connectivity index (χ3n) is 2.86. The maximum Gasteiger partial charge on any atom is 0.243 e.